The van der Waals surface area contributed by atoms with Crippen molar-refractivity contribution in [2.45, 2.75) is 6.54 Å². The first kappa shape index (κ1) is 11.4. The Morgan fingerprint density at radius 3 is 2.76 bits per heavy atom. The summed E-state index contributed by atoms with van der Waals surface area (Å²) < 4.78 is 13.5. The molecular formula is C13H14FN3. The predicted octanol–water partition coefficient (Wildman–Crippen LogP) is 2.44. The third kappa shape index (κ3) is 2.72. The number of benzene rings is 1. The SMILES string of the molecule is CN(Cc1ccccc1F)c1cncc(N)c1. The fraction of sp³-hybridized carbons (Fsp3) is 0.154. The predicted molar refractivity (Wildman–Crippen MR) is 67.2 cm³/mol. The zero-order chi connectivity index (χ0) is 12.3. The van der Waals surface area contributed by atoms with Gasteiger partial charge in [0.1, 0.15) is 5.82 Å². The van der Waals surface area contributed by atoms with Gasteiger partial charge in [0.2, 0.25) is 0 Å². The maximum absolute atomic E-state index is 13.5. The van der Waals surface area contributed by atoms with Gasteiger partial charge in [0.05, 0.1) is 17.6 Å². The molecule has 17 heavy (non-hydrogen) atoms. The molecule has 3 nitrogen and oxygen atoms in total. The van der Waals surface area contributed by atoms with Gasteiger partial charge >= 0.3 is 0 Å². The lowest BCUT2D eigenvalue weighted by molar-refractivity contribution is 0.608. The molecule has 0 aliphatic carbocycles. The summed E-state index contributed by atoms with van der Waals surface area (Å²) in [4.78, 5) is 5.91. The topological polar surface area (TPSA) is 42.2 Å². The van der Waals surface area contributed by atoms with Crippen LogP contribution in [0.1, 0.15) is 5.56 Å². The fourth-order valence-corrected chi connectivity index (χ4v) is 1.63. The third-order valence-corrected chi connectivity index (χ3v) is 2.55. The van der Waals surface area contributed by atoms with Crippen LogP contribution in [0.5, 0.6) is 0 Å². The lowest BCUT2D eigenvalue weighted by Gasteiger charge is -2.19. The highest BCUT2D eigenvalue weighted by Crippen LogP contribution is 2.17. The van der Waals surface area contributed by atoms with E-state index >= 15 is 0 Å². The highest BCUT2D eigenvalue weighted by Gasteiger charge is 2.06. The van der Waals surface area contributed by atoms with E-state index in [1.807, 2.05) is 24.1 Å². The van der Waals surface area contributed by atoms with Gasteiger partial charge in [-0.1, -0.05) is 18.2 Å². The van der Waals surface area contributed by atoms with E-state index < -0.39 is 0 Å². The lowest BCUT2D eigenvalue weighted by atomic mass is 10.2. The van der Waals surface area contributed by atoms with Gasteiger partial charge in [-0.2, -0.15) is 0 Å². The summed E-state index contributed by atoms with van der Waals surface area (Å²) in [5, 5.41) is 0. The second-order valence-electron chi connectivity index (χ2n) is 3.92. The monoisotopic (exact) mass is 231 g/mol. The Balaban J connectivity index is 2.17. The second-order valence-corrected chi connectivity index (χ2v) is 3.92. The molecule has 0 amide bonds. The number of pyridine rings is 1. The summed E-state index contributed by atoms with van der Waals surface area (Å²) in [5.74, 6) is -0.198. The van der Waals surface area contributed by atoms with E-state index in [-0.39, 0.29) is 5.82 Å². The Labute approximate surface area is 99.7 Å². The highest BCUT2D eigenvalue weighted by molar-refractivity contribution is 5.53. The summed E-state index contributed by atoms with van der Waals surface area (Å²) >= 11 is 0. The van der Waals surface area contributed by atoms with Crippen LogP contribution >= 0.6 is 0 Å². The maximum atomic E-state index is 13.5. The molecule has 1 aromatic heterocycles. The average molecular weight is 231 g/mol. The number of halogens is 1. The van der Waals surface area contributed by atoms with Crippen LogP contribution in [0.4, 0.5) is 15.8 Å². The molecule has 88 valence electrons. The molecule has 0 radical (unpaired) electrons. The van der Waals surface area contributed by atoms with Gasteiger partial charge in [0.15, 0.2) is 0 Å². The number of nitrogens with two attached hydrogens (primary N) is 1. The molecule has 4 heteroatoms. The van der Waals surface area contributed by atoms with Gasteiger partial charge < -0.3 is 10.6 Å². The van der Waals surface area contributed by atoms with Crippen molar-refractivity contribution in [2.75, 3.05) is 17.7 Å². The first-order valence-corrected chi connectivity index (χ1v) is 5.32. The standard InChI is InChI=1S/C13H14FN3/c1-17(12-6-11(15)7-16-8-12)9-10-4-2-3-5-13(10)14/h2-8H,9,15H2,1H3. The first-order valence-electron chi connectivity index (χ1n) is 5.32. The van der Waals surface area contributed by atoms with Crippen molar-refractivity contribution in [1.82, 2.24) is 4.98 Å². The Kier molecular flexibility index (Phi) is 3.23. The molecule has 2 rings (SSSR count). The van der Waals surface area contributed by atoms with Crippen molar-refractivity contribution >= 4 is 11.4 Å². The summed E-state index contributed by atoms with van der Waals surface area (Å²) in [7, 11) is 1.88. The van der Waals surface area contributed by atoms with Crippen molar-refractivity contribution < 1.29 is 4.39 Å². The van der Waals surface area contributed by atoms with Crippen LogP contribution in [0.15, 0.2) is 42.7 Å². The molecule has 0 atom stereocenters. The molecule has 0 aliphatic heterocycles. The number of nitrogen functional groups attached to an aromatic ring is 1. The van der Waals surface area contributed by atoms with E-state index in [0.29, 0.717) is 17.8 Å². The number of anilines is 2. The Morgan fingerprint density at radius 2 is 2.06 bits per heavy atom. The minimum Gasteiger partial charge on any atom is -0.397 e. The van der Waals surface area contributed by atoms with Gasteiger partial charge in [-0.3, -0.25) is 4.98 Å². The number of hydrogen-bond acceptors (Lipinski definition) is 3. The Hall–Kier alpha value is -2.10. The normalized spacial score (nSPS) is 10.2. The molecule has 1 aromatic carbocycles. The number of rotatable bonds is 3. The molecule has 0 spiro atoms. The summed E-state index contributed by atoms with van der Waals surface area (Å²) in [6, 6.07) is 8.55. The van der Waals surface area contributed by atoms with Crippen LogP contribution in [0.25, 0.3) is 0 Å². The quantitative estimate of drug-likeness (QED) is 0.882. The molecule has 1 heterocycles. The third-order valence-electron chi connectivity index (χ3n) is 2.55. The average Bonchev–Trinajstić information content (AvgIpc) is 2.32. The van der Waals surface area contributed by atoms with Crippen LogP contribution in [-0.4, -0.2) is 12.0 Å². The van der Waals surface area contributed by atoms with Crippen LogP contribution in [0, 0.1) is 5.82 Å². The van der Waals surface area contributed by atoms with E-state index in [4.69, 9.17) is 5.73 Å². The molecule has 2 N–H and O–H groups in total. The molecule has 0 aliphatic rings. The van der Waals surface area contributed by atoms with E-state index in [9.17, 15) is 4.39 Å². The largest absolute Gasteiger partial charge is 0.397 e. The van der Waals surface area contributed by atoms with Gasteiger partial charge in [0.25, 0.3) is 0 Å². The van der Waals surface area contributed by atoms with E-state index in [0.717, 1.165) is 5.69 Å². The highest BCUT2D eigenvalue weighted by atomic mass is 19.1. The van der Waals surface area contributed by atoms with E-state index in [1.54, 1.807) is 24.5 Å². The lowest BCUT2D eigenvalue weighted by Crippen LogP contribution is -2.17. The van der Waals surface area contributed by atoms with Crippen molar-refractivity contribution in [2.24, 2.45) is 0 Å². The first-order chi connectivity index (χ1) is 8.16. The zero-order valence-corrected chi connectivity index (χ0v) is 9.60. The van der Waals surface area contributed by atoms with Gasteiger partial charge in [-0.25, -0.2) is 4.39 Å². The van der Waals surface area contributed by atoms with Gasteiger partial charge in [-0.15, -0.1) is 0 Å². The van der Waals surface area contributed by atoms with Crippen molar-refractivity contribution in [3.63, 3.8) is 0 Å². The van der Waals surface area contributed by atoms with Crippen LogP contribution in [-0.2, 0) is 6.54 Å². The summed E-state index contributed by atoms with van der Waals surface area (Å²) in [6.07, 6.45) is 3.29. The smallest absolute Gasteiger partial charge is 0.128 e. The van der Waals surface area contributed by atoms with Crippen LogP contribution < -0.4 is 10.6 Å². The molecular weight excluding hydrogens is 217 g/mol. The van der Waals surface area contributed by atoms with Crippen LogP contribution in [0.2, 0.25) is 0 Å². The molecule has 0 bridgehead atoms. The summed E-state index contributed by atoms with van der Waals surface area (Å²) in [6.45, 7) is 0.484. The van der Waals surface area contributed by atoms with Crippen LogP contribution in [0.3, 0.4) is 0 Å². The molecule has 0 fully saturated rings. The van der Waals surface area contributed by atoms with Gasteiger partial charge in [-0.05, 0) is 12.1 Å². The molecule has 0 saturated heterocycles. The van der Waals surface area contributed by atoms with E-state index in [1.165, 1.54) is 6.07 Å². The number of nitrogens with zero attached hydrogens (tertiary/aromatic N) is 2. The number of hydrogen-bond donors (Lipinski definition) is 1. The second kappa shape index (κ2) is 4.82. The molecule has 0 saturated carbocycles. The fourth-order valence-electron chi connectivity index (χ4n) is 1.63. The van der Waals surface area contributed by atoms with Crippen molar-refractivity contribution in [3.8, 4) is 0 Å². The Morgan fingerprint density at radius 1 is 1.29 bits per heavy atom. The van der Waals surface area contributed by atoms with Gasteiger partial charge in [0, 0.05) is 25.4 Å². The molecule has 2 aromatic rings. The number of aromatic nitrogens is 1. The summed E-state index contributed by atoms with van der Waals surface area (Å²) in [5.41, 5.74) is 7.78. The molecule has 0 unspecified atom stereocenters. The van der Waals surface area contributed by atoms with Crippen molar-refractivity contribution in [1.29, 1.82) is 0 Å². The maximum Gasteiger partial charge on any atom is 0.128 e. The van der Waals surface area contributed by atoms with Crippen molar-refractivity contribution in [3.05, 3.63) is 54.1 Å². The minimum atomic E-state index is -0.198. The minimum absolute atomic E-state index is 0.198. The van der Waals surface area contributed by atoms with E-state index in [2.05, 4.69) is 4.98 Å². The Bertz CT molecular complexity index is 514. The zero-order valence-electron chi connectivity index (χ0n) is 9.60.